The molecule has 1 atom stereocenters. The lowest BCUT2D eigenvalue weighted by Gasteiger charge is -2.18. The van der Waals surface area contributed by atoms with Crippen LogP contribution in [0.4, 0.5) is 13.2 Å². The van der Waals surface area contributed by atoms with Crippen LogP contribution in [0.2, 0.25) is 0 Å². The Morgan fingerprint density at radius 2 is 1.61 bits per heavy atom. The summed E-state index contributed by atoms with van der Waals surface area (Å²) in [5, 5.41) is 2.89. The van der Waals surface area contributed by atoms with Crippen LogP contribution >= 0.6 is 0 Å². The predicted octanol–water partition coefficient (Wildman–Crippen LogP) is 4.19. The minimum Gasteiger partial charge on any atom is -0.313 e. The topological polar surface area (TPSA) is 12.0 Å². The molecule has 0 bridgehead atoms. The second kappa shape index (κ2) is 6.78. The van der Waals surface area contributed by atoms with Crippen molar-refractivity contribution in [1.82, 2.24) is 5.32 Å². The van der Waals surface area contributed by atoms with Crippen molar-refractivity contribution < 1.29 is 13.2 Å². The van der Waals surface area contributed by atoms with E-state index in [-0.39, 0.29) is 5.56 Å². The first-order valence-electron chi connectivity index (χ1n) is 6.27. The van der Waals surface area contributed by atoms with Crippen molar-refractivity contribution in [2.75, 3.05) is 7.05 Å². The lowest BCUT2D eigenvalue weighted by molar-refractivity contribution is 0.432. The number of hydrogen-bond acceptors (Lipinski definition) is 1. The Labute approximate surface area is 106 Å². The summed E-state index contributed by atoms with van der Waals surface area (Å²) in [5.74, 6) is -1.97. The van der Waals surface area contributed by atoms with Gasteiger partial charge >= 0.3 is 0 Å². The van der Waals surface area contributed by atoms with Crippen LogP contribution in [0.3, 0.4) is 0 Å². The summed E-state index contributed by atoms with van der Waals surface area (Å²) in [4.78, 5) is 0. The number of hydrogen-bond donors (Lipinski definition) is 1. The second-order valence-electron chi connectivity index (χ2n) is 4.95. The maximum Gasteiger partial charge on any atom is 0.133 e. The monoisotopic (exact) mass is 259 g/mol. The molecule has 0 fully saturated rings. The zero-order chi connectivity index (χ0) is 13.7. The molecule has 0 aromatic heterocycles. The normalized spacial score (nSPS) is 13.1. The van der Waals surface area contributed by atoms with Crippen molar-refractivity contribution in [3.63, 3.8) is 0 Å². The molecule has 0 aliphatic heterocycles. The summed E-state index contributed by atoms with van der Waals surface area (Å²) < 4.78 is 40.1. The van der Waals surface area contributed by atoms with Crippen LogP contribution in [0.25, 0.3) is 0 Å². The molecule has 18 heavy (non-hydrogen) atoms. The maximum absolute atomic E-state index is 13.6. The molecule has 1 N–H and O–H groups in total. The van der Waals surface area contributed by atoms with Crippen LogP contribution in [-0.2, 0) is 0 Å². The summed E-state index contributed by atoms with van der Waals surface area (Å²) in [6.45, 7) is 4.21. The van der Waals surface area contributed by atoms with E-state index in [2.05, 4.69) is 19.2 Å². The van der Waals surface area contributed by atoms with Gasteiger partial charge in [-0.2, -0.15) is 0 Å². The highest BCUT2D eigenvalue weighted by Crippen LogP contribution is 2.26. The molecule has 0 radical (unpaired) electrons. The molecule has 4 heteroatoms. The van der Waals surface area contributed by atoms with E-state index in [0.29, 0.717) is 12.3 Å². The van der Waals surface area contributed by atoms with Gasteiger partial charge in [0.2, 0.25) is 0 Å². The SMILES string of the molecule is CNC(CCCC(C)C)c1c(F)cc(F)cc1F. The first-order chi connectivity index (χ1) is 8.45. The number of benzene rings is 1. The third-order valence-electron chi connectivity index (χ3n) is 3.02. The molecule has 0 heterocycles. The highest BCUT2D eigenvalue weighted by atomic mass is 19.1. The summed E-state index contributed by atoms with van der Waals surface area (Å²) in [7, 11) is 1.66. The summed E-state index contributed by atoms with van der Waals surface area (Å²) in [6, 6.07) is 1.04. The minimum atomic E-state index is -0.884. The fraction of sp³-hybridized carbons (Fsp3) is 0.571. The fourth-order valence-corrected chi connectivity index (χ4v) is 2.05. The predicted molar refractivity (Wildman–Crippen MR) is 66.8 cm³/mol. The molecule has 0 aliphatic rings. The summed E-state index contributed by atoms with van der Waals surface area (Å²) >= 11 is 0. The maximum atomic E-state index is 13.6. The Morgan fingerprint density at radius 3 is 2.06 bits per heavy atom. The molecule has 102 valence electrons. The van der Waals surface area contributed by atoms with Gasteiger partial charge in [-0.3, -0.25) is 0 Å². The quantitative estimate of drug-likeness (QED) is 0.807. The van der Waals surface area contributed by atoms with Crippen LogP contribution in [0.15, 0.2) is 12.1 Å². The van der Waals surface area contributed by atoms with E-state index in [1.165, 1.54) is 0 Å². The van der Waals surface area contributed by atoms with Gasteiger partial charge in [-0.1, -0.05) is 26.7 Å². The van der Waals surface area contributed by atoms with Crippen molar-refractivity contribution in [1.29, 1.82) is 0 Å². The summed E-state index contributed by atoms with van der Waals surface area (Å²) in [5.41, 5.74) is -0.0670. The molecule has 0 aliphatic carbocycles. The Kier molecular flexibility index (Phi) is 5.66. The van der Waals surface area contributed by atoms with Crippen molar-refractivity contribution in [3.05, 3.63) is 35.1 Å². The first kappa shape index (κ1) is 15.0. The Hall–Kier alpha value is -1.03. The highest BCUT2D eigenvalue weighted by Gasteiger charge is 2.19. The van der Waals surface area contributed by atoms with Gasteiger partial charge in [-0.25, -0.2) is 13.2 Å². The van der Waals surface area contributed by atoms with Crippen molar-refractivity contribution in [2.24, 2.45) is 5.92 Å². The highest BCUT2D eigenvalue weighted by molar-refractivity contribution is 5.24. The van der Waals surface area contributed by atoms with Gasteiger partial charge in [0, 0.05) is 23.7 Å². The van der Waals surface area contributed by atoms with Gasteiger partial charge in [0.25, 0.3) is 0 Å². The number of halogens is 3. The zero-order valence-corrected chi connectivity index (χ0v) is 11.1. The molecule has 1 aromatic carbocycles. The molecule has 0 saturated heterocycles. The van der Waals surface area contributed by atoms with Gasteiger partial charge in [0.05, 0.1) is 0 Å². The fourth-order valence-electron chi connectivity index (χ4n) is 2.05. The average molecular weight is 259 g/mol. The smallest absolute Gasteiger partial charge is 0.133 e. The van der Waals surface area contributed by atoms with Crippen molar-refractivity contribution in [3.8, 4) is 0 Å². The Bertz CT molecular complexity index is 368. The standard InChI is InChI=1S/C14H20F3N/c1-9(2)5-4-6-13(18-3)14-11(16)7-10(15)8-12(14)17/h7-9,13,18H,4-6H2,1-3H3. The molecule has 1 aromatic rings. The molecule has 1 unspecified atom stereocenters. The van der Waals surface area contributed by atoms with E-state index in [4.69, 9.17) is 0 Å². The number of nitrogens with one attached hydrogen (secondary N) is 1. The zero-order valence-electron chi connectivity index (χ0n) is 11.1. The van der Waals surface area contributed by atoms with Gasteiger partial charge < -0.3 is 5.32 Å². The van der Waals surface area contributed by atoms with Gasteiger partial charge in [0.1, 0.15) is 17.5 Å². The van der Waals surface area contributed by atoms with Crippen LogP contribution in [-0.4, -0.2) is 7.05 Å². The second-order valence-corrected chi connectivity index (χ2v) is 4.95. The first-order valence-corrected chi connectivity index (χ1v) is 6.27. The average Bonchev–Trinajstić information content (AvgIpc) is 2.25. The molecule has 0 saturated carbocycles. The molecule has 1 nitrogen and oxygen atoms in total. The van der Waals surface area contributed by atoms with Crippen molar-refractivity contribution >= 4 is 0 Å². The lowest BCUT2D eigenvalue weighted by atomic mass is 9.97. The lowest BCUT2D eigenvalue weighted by Crippen LogP contribution is -2.19. The van der Waals surface area contributed by atoms with Gasteiger partial charge in [-0.05, 0) is 19.4 Å². The van der Waals surface area contributed by atoms with E-state index in [1.807, 2.05) is 0 Å². The van der Waals surface area contributed by atoms with E-state index >= 15 is 0 Å². The van der Waals surface area contributed by atoms with Crippen molar-refractivity contribution in [2.45, 2.75) is 39.2 Å². The van der Waals surface area contributed by atoms with Gasteiger partial charge in [0.15, 0.2) is 0 Å². The molecular weight excluding hydrogens is 239 g/mol. The van der Waals surface area contributed by atoms with Crippen LogP contribution in [0, 0.1) is 23.4 Å². The minimum absolute atomic E-state index is 0.0670. The number of rotatable bonds is 6. The van der Waals surface area contributed by atoms with Crippen LogP contribution in [0.1, 0.15) is 44.7 Å². The van der Waals surface area contributed by atoms with E-state index < -0.39 is 23.5 Å². The third kappa shape index (κ3) is 4.02. The third-order valence-corrected chi connectivity index (χ3v) is 3.02. The molecular formula is C14H20F3N. The van der Waals surface area contributed by atoms with E-state index in [0.717, 1.165) is 25.0 Å². The molecule has 1 rings (SSSR count). The molecule has 0 spiro atoms. The van der Waals surface area contributed by atoms with Crippen LogP contribution in [0.5, 0.6) is 0 Å². The Morgan fingerprint density at radius 1 is 1.06 bits per heavy atom. The molecule has 0 amide bonds. The van der Waals surface area contributed by atoms with Crippen LogP contribution < -0.4 is 5.32 Å². The Balaban J connectivity index is 2.82. The van der Waals surface area contributed by atoms with Gasteiger partial charge in [-0.15, -0.1) is 0 Å². The summed E-state index contributed by atoms with van der Waals surface area (Å²) in [6.07, 6.45) is 2.51. The van der Waals surface area contributed by atoms with E-state index in [1.54, 1.807) is 7.05 Å². The van der Waals surface area contributed by atoms with E-state index in [9.17, 15) is 13.2 Å². The largest absolute Gasteiger partial charge is 0.313 e.